The van der Waals surface area contributed by atoms with E-state index in [1.807, 2.05) is 0 Å². The van der Waals surface area contributed by atoms with Crippen LogP contribution >= 0.6 is 0 Å². The van der Waals surface area contributed by atoms with Crippen LogP contribution in [0.25, 0.3) is 0 Å². The van der Waals surface area contributed by atoms with Crippen LogP contribution in [0.5, 0.6) is 0 Å². The SMILES string of the molecule is CCCNC(CCCOC)Cc1cccc(F)c1F. The predicted molar refractivity (Wildman–Crippen MR) is 73.3 cm³/mol. The van der Waals surface area contributed by atoms with Crippen molar-refractivity contribution in [3.05, 3.63) is 35.4 Å². The van der Waals surface area contributed by atoms with Crippen LogP contribution in [0, 0.1) is 11.6 Å². The smallest absolute Gasteiger partial charge is 0.162 e. The van der Waals surface area contributed by atoms with Crippen molar-refractivity contribution in [3.8, 4) is 0 Å². The van der Waals surface area contributed by atoms with Gasteiger partial charge in [-0.3, -0.25) is 0 Å². The van der Waals surface area contributed by atoms with Gasteiger partial charge in [-0.25, -0.2) is 8.78 Å². The molecule has 0 aromatic heterocycles. The van der Waals surface area contributed by atoms with Crippen molar-refractivity contribution in [2.45, 2.75) is 38.6 Å². The highest BCUT2D eigenvalue weighted by Crippen LogP contribution is 2.15. The van der Waals surface area contributed by atoms with Crippen LogP contribution in [0.3, 0.4) is 0 Å². The third kappa shape index (κ3) is 5.66. The Kier molecular flexibility index (Phi) is 7.60. The van der Waals surface area contributed by atoms with E-state index in [1.54, 1.807) is 19.2 Å². The number of rotatable bonds is 9. The topological polar surface area (TPSA) is 21.3 Å². The Morgan fingerprint density at radius 2 is 2.11 bits per heavy atom. The lowest BCUT2D eigenvalue weighted by atomic mass is 10.0. The monoisotopic (exact) mass is 271 g/mol. The van der Waals surface area contributed by atoms with Gasteiger partial charge in [-0.15, -0.1) is 0 Å². The van der Waals surface area contributed by atoms with E-state index in [4.69, 9.17) is 4.74 Å². The highest BCUT2D eigenvalue weighted by atomic mass is 19.2. The summed E-state index contributed by atoms with van der Waals surface area (Å²) in [6, 6.07) is 4.51. The Morgan fingerprint density at radius 3 is 2.79 bits per heavy atom. The van der Waals surface area contributed by atoms with Gasteiger partial charge in [-0.1, -0.05) is 19.1 Å². The molecule has 1 rings (SSSR count). The van der Waals surface area contributed by atoms with E-state index >= 15 is 0 Å². The van der Waals surface area contributed by atoms with Gasteiger partial charge in [0, 0.05) is 19.8 Å². The summed E-state index contributed by atoms with van der Waals surface area (Å²) >= 11 is 0. The Hall–Kier alpha value is -1.00. The van der Waals surface area contributed by atoms with Crippen LogP contribution in [0.2, 0.25) is 0 Å². The van der Waals surface area contributed by atoms with E-state index in [9.17, 15) is 8.78 Å². The summed E-state index contributed by atoms with van der Waals surface area (Å²) in [4.78, 5) is 0. The third-order valence-corrected chi connectivity index (χ3v) is 3.08. The molecule has 0 fully saturated rings. The normalized spacial score (nSPS) is 12.6. The van der Waals surface area contributed by atoms with Crippen LogP contribution in [-0.4, -0.2) is 26.3 Å². The van der Waals surface area contributed by atoms with E-state index in [0.29, 0.717) is 18.6 Å². The average molecular weight is 271 g/mol. The Labute approximate surface area is 114 Å². The van der Waals surface area contributed by atoms with Crippen molar-refractivity contribution >= 4 is 0 Å². The summed E-state index contributed by atoms with van der Waals surface area (Å²) in [5.74, 6) is -1.50. The molecule has 1 aromatic carbocycles. The van der Waals surface area contributed by atoms with Crippen LogP contribution in [0.1, 0.15) is 31.7 Å². The molecule has 4 heteroatoms. The molecule has 0 amide bonds. The molecule has 1 atom stereocenters. The lowest BCUT2D eigenvalue weighted by molar-refractivity contribution is 0.188. The molecule has 0 heterocycles. The second kappa shape index (κ2) is 8.99. The highest BCUT2D eigenvalue weighted by molar-refractivity contribution is 5.20. The minimum atomic E-state index is -0.774. The summed E-state index contributed by atoms with van der Waals surface area (Å²) in [5.41, 5.74) is 0.436. The second-order valence-corrected chi connectivity index (χ2v) is 4.70. The average Bonchev–Trinajstić information content (AvgIpc) is 2.41. The molecule has 0 aliphatic heterocycles. The maximum atomic E-state index is 13.6. The van der Waals surface area contributed by atoms with Crippen LogP contribution in [0.4, 0.5) is 8.78 Å². The summed E-state index contributed by atoms with van der Waals surface area (Å²) in [7, 11) is 1.67. The zero-order valence-electron chi connectivity index (χ0n) is 11.7. The largest absolute Gasteiger partial charge is 0.385 e. The second-order valence-electron chi connectivity index (χ2n) is 4.70. The molecule has 108 valence electrons. The maximum absolute atomic E-state index is 13.6. The number of hydrogen-bond acceptors (Lipinski definition) is 2. The lowest BCUT2D eigenvalue weighted by Crippen LogP contribution is -2.32. The summed E-state index contributed by atoms with van der Waals surface area (Å²) in [6.45, 7) is 3.66. The standard InChI is InChI=1S/C15H23F2NO/c1-3-9-18-13(7-5-10-19-2)11-12-6-4-8-14(16)15(12)17/h4,6,8,13,18H,3,5,7,9-11H2,1-2H3. The number of halogens is 2. The predicted octanol–water partition coefficient (Wildman–Crippen LogP) is 3.30. The van der Waals surface area contributed by atoms with Crippen molar-refractivity contribution in [2.75, 3.05) is 20.3 Å². The third-order valence-electron chi connectivity index (χ3n) is 3.08. The molecule has 1 unspecified atom stereocenters. The summed E-state index contributed by atoms with van der Waals surface area (Å²) in [6.07, 6.45) is 3.33. The first-order valence-corrected chi connectivity index (χ1v) is 6.84. The Balaban J connectivity index is 2.61. The molecule has 0 bridgehead atoms. The lowest BCUT2D eigenvalue weighted by Gasteiger charge is -2.19. The van der Waals surface area contributed by atoms with Gasteiger partial charge >= 0.3 is 0 Å². The van der Waals surface area contributed by atoms with Crippen LogP contribution in [-0.2, 0) is 11.2 Å². The fourth-order valence-corrected chi connectivity index (χ4v) is 2.07. The van der Waals surface area contributed by atoms with Gasteiger partial charge in [0.2, 0.25) is 0 Å². The van der Waals surface area contributed by atoms with E-state index in [-0.39, 0.29) is 6.04 Å². The van der Waals surface area contributed by atoms with E-state index in [1.165, 1.54) is 0 Å². The first kappa shape index (κ1) is 16.1. The zero-order chi connectivity index (χ0) is 14.1. The van der Waals surface area contributed by atoms with Crippen molar-refractivity contribution in [1.82, 2.24) is 5.32 Å². The molecule has 0 radical (unpaired) electrons. The first-order valence-electron chi connectivity index (χ1n) is 6.84. The van der Waals surface area contributed by atoms with E-state index in [2.05, 4.69) is 12.2 Å². The molecular formula is C15H23F2NO. The van der Waals surface area contributed by atoms with Crippen molar-refractivity contribution < 1.29 is 13.5 Å². The first-order chi connectivity index (χ1) is 9.19. The Bertz CT molecular complexity index is 371. The van der Waals surface area contributed by atoms with E-state index < -0.39 is 11.6 Å². The molecular weight excluding hydrogens is 248 g/mol. The van der Waals surface area contributed by atoms with Gasteiger partial charge in [-0.2, -0.15) is 0 Å². The molecule has 0 saturated carbocycles. The van der Waals surface area contributed by atoms with E-state index in [0.717, 1.165) is 31.9 Å². The molecule has 1 N–H and O–H groups in total. The quantitative estimate of drug-likeness (QED) is 0.696. The molecule has 0 saturated heterocycles. The molecule has 19 heavy (non-hydrogen) atoms. The van der Waals surface area contributed by atoms with Crippen molar-refractivity contribution in [1.29, 1.82) is 0 Å². The number of hydrogen-bond donors (Lipinski definition) is 1. The number of nitrogens with one attached hydrogen (secondary N) is 1. The van der Waals surface area contributed by atoms with Crippen LogP contribution < -0.4 is 5.32 Å². The van der Waals surface area contributed by atoms with Gasteiger partial charge in [0.15, 0.2) is 11.6 Å². The summed E-state index contributed by atoms with van der Waals surface area (Å²) < 4.78 is 31.8. The Morgan fingerprint density at radius 1 is 1.32 bits per heavy atom. The minimum Gasteiger partial charge on any atom is -0.385 e. The molecule has 0 aliphatic carbocycles. The van der Waals surface area contributed by atoms with Crippen molar-refractivity contribution in [3.63, 3.8) is 0 Å². The van der Waals surface area contributed by atoms with Gasteiger partial charge in [0.1, 0.15) is 0 Å². The fourth-order valence-electron chi connectivity index (χ4n) is 2.07. The van der Waals surface area contributed by atoms with Gasteiger partial charge < -0.3 is 10.1 Å². The molecule has 0 spiro atoms. The van der Waals surface area contributed by atoms with Gasteiger partial charge in [0.25, 0.3) is 0 Å². The minimum absolute atomic E-state index is 0.159. The zero-order valence-corrected chi connectivity index (χ0v) is 11.7. The highest BCUT2D eigenvalue weighted by Gasteiger charge is 2.13. The summed E-state index contributed by atoms with van der Waals surface area (Å²) in [5, 5.41) is 3.38. The van der Waals surface area contributed by atoms with Gasteiger partial charge in [0.05, 0.1) is 0 Å². The van der Waals surface area contributed by atoms with Crippen molar-refractivity contribution in [2.24, 2.45) is 0 Å². The number of ether oxygens (including phenoxy) is 1. The fraction of sp³-hybridized carbons (Fsp3) is 0.600. The van der Waals surface area contributed by atoms with Gasteiger partial charge in [-0.05, 0) is 43.9 Å². The molecule has 2 nitrogen and oxygen atoms in total. The molecule has 1 aromatic rings. The number of methoxy groups -OCH3 is 1. The maximum Gasteiger partial charge on any atom is 0.162 e. The van der Waals surface area contributed by atoms with Crippen LogP contribution in [0.15, 0.2) is 18.2 Å². The molecule has 0 aliphatic rings. The number of benzene rings is 1.